The van der Waals surface area contributed by atoms with E-state index in [2.05, 4.69) is 54.0 Å². The van der Waals surface area contributed by atoms with E-state index in [1.165, 1.54) is 22.3 Å². The first-order valence-corrected chi connectivity index (χ1v) is 8.19. The number of nitrogen functional groups attached to an aromatic ring is 1. The molecule has 2 rings (SSSR count). The van der Waals surface area contributed by atoms with E-state index in [4.69, 9.17) is 5.73 Å². The third-order valence-electron chi connectivity index (χ3n) is 2.92. The largest absolute Gasteiger partial charge is 0.398 e. The predicted molar refractivity (Wildman–Crippen MR) is 89.5 cm³/mol. The molecule has 0 heterocycles. The Bertz CT molecular complexity index is 561. The van der Waals surface area contributed by atoms with E-state index in [1.54, 1.807) is 0 Å². The van der Waals surface area contributed by atoms with E-state index in [1.807, 2.05) is 23.9 Å². The standard InChI is InChI=1S/C16H18BrNS/c1-11-6-12(2)8-13(7-11)9-19-10-14-4-3-5-15(18)16(14)17/h3-8H,9-10,18H2,1-2H3. The molecule has 0 unspecified atom stereocenters. The summed E-state index contributed by atoms with van der Waals surface area (Å²) in [4.78, 5) is 0. The molecule has 2 aromatic rings. The summed E-state index contributed by atoms with van der Waals surface area (Å²) >= 11 is 5.47. The Kier molecular flexibility index (Phi) is 4.94. The van der Waals surface area contributed by atoms with Crippen molar-refractivity contribution in [3.8, 4) is 0 Å². The molecule has 0 fully saturated rings. The molecule has 19 heavy (non-hydrogen) atoms. The lowest BCUT2D eigenvalue weighted by molar-refractivity contribution is 1.29. The van der Waals surface area contributed by atoms with Gasteiger partial charge in [-0.05, 0) is 47.0 Å². The van der Waals surface area contributed by atoms with Crippen LogP contribution in [0.1, 0.15) is 22.3 Å². The van der Waals surface area contributed by atoms with Crippen LogP contribution in [-0.4, -0.2) is 0 Å². The first-order valence-electron chi connectivity index (χ1n) is 6.24. The van der Waals surface area contributed by atoms with Crippen LogP contribution in [0.3, 0.4) is 0 Å². The Morgan fingerprint density at radius 1 is 1.05 bits per heavy atom. The van der Waals surface area contributed by atoms with Gasteiger partial charge in [-0.25, -0.2) is 0 Å². The van der Waals surface area contributed by atoms with Gasteiger partial charge in [-0.3, -0.25) is 0 Å². The predicted octanol–water partition coefficient (Wildman–Crippen LogP) is 5.08. The minimum Gasteiger partial charge on any atom is -0.398 e. The topological polar surface area (TPSA) is 26.0 Å². The van der Waals surface area contributed by atoms with Crippen molar-refractivity contribution in [2.24, 2.45) is 0 Å². The third kappa shape index (κ3) is 4.02. The number of hydrogen-bond acceptors (Lipinski definition) is 2. The van der Waals surface area contributed by atoms with Gasteiger partial charge in [-0.1, -0.05) is 41.5 Å². The summed E-state index contributed by atoms with van der Waals surface area (Å²) in [5.74, 6) is 2.00. The fourth-order valence-electron chi connectivity index (χ4n) is 2.14. The maximum atomic E-state index is 5.89. The van der Waals surface area contributed by atoms with Crippen LogP contribution in [0, 0.1) is 13.8 Å². The second kappa shape index (κ2) is 6.49. The van der Waals surface area contributed by atoms with Gasteiger partial charge in [0.25, 0.3) is 0 Å². The molecule has 2 aromatic carbocycles. The first kappa shape index (κ1) is 14.5. The van der Waals surface area contributed by atoms with Crippen molar-refractivity contribution in [3.05, 3.63) is 63.1 Å². The van der Waals surface area contributed by atoms with Crippen LogP contribution in [0.4, 0.5) is 5.69 Å². The van der Waals surface area contributed by atoms with Gasteiger partial charge in [-0.15, -0.1) is 0 Å². The van der Waals surface area contributed by atoms with Gasteiger partial charge in [0.2, 0.25) is 0 Å². The zero-order valence-electron chi connectivity index (χ0n) is 11.2. The van der Waals surface area contributed by atoms with E-state index in [-0.39, 0.29) is 0 Å². The maximum absolute atomic E-state index is 5.89. The van der Waals surface area contributed by atoms with Crippen molar-refractivity contribution in [1.82, 2.24) is 0 Å². The number of aryl methyl sites for hydroxylation is 2. The summed E-state index contributed by atoms with van der Waals surface area (Å²) in [6.07, 6.45) is 0. The van der Waals surface area contributed by atoms with Crippen molar-refractivity contribution in [2.45, 2.75) is 25.4 Å². The van der Waals surface area contributed by atoms with Crippen LogP contribution in [0.15, 0.2) is 40.9 Å². The van der Waals surface area contributed by atoms with E-state index >= 15 is 0 Å². The molecule has 0 aliphatic rings. The number of nitrogens with two attached hydrogens (primary N) is 1. The van der Waals surface area contributed by atoms with Crippen molar-refractivity contribution in [1.29, 1.82) is 0 Å². The molecular formula is C16H18BrNS. The zero-order chi connectivity index (χ0) is 13.8. The number of benzene rings is 2. The fraction of sp³-hybridized carbons (Fsp3) is 0.250. The van der Waals surface area contributed by atoms with Crippen LogP contribution in [0.5, 0.6) is 0 Å². The minimum atomic E-state index is 0.810. The maximum Gasteiger partial charge on any atom is 0.0461 e. The Hall–Kier alpha value is -0.930. The number of rotatable bonds is 4. The number of thioether (sulfide) groups is 1. The zero-order valence-corrected chi connectivity index (χ0v) is 13.6. The van der Waals surface area contributed by atoms with Crippen molar-refractivity contribution < 1.29 is 0 Å². The molecule has 0 amide bonds. The van der Waals surface area contributed by atoms with E-state index in [0.717, 1.165) is 21.7 Å². The lowest BCUT2D eigenvalue weighted by Gasteiger charge is -2.08. The Balaban J connectivity index is 1.98. The Labute approximate surface area is 127 Å². The van der Waals surface area contributed by atoms with Crippen molar-refractivity contribution in [3.63, 3.8) is 0 Å². The van der Waals surface area contributed by atoms with Gasteiger partial charge < -0.3 is 5.73 Å². The molecule has 0 aliphatic carbocycles. The second-order valence-electron chi connectivity index (χ2n) is 4.81. The molecule has 2 N–H and O–H groups in total. The molecule has 0 aliphatic heterocycles. The van der Waals surface area contributed by atoms with Gasteiger partial charge in [0.05, 0.1) is 0 Å². The molecule has 0 saturated carbocycles. The molecule has 1 nitrogen and oxygen atoms in total. The molecule has 100 valence electrons. The van der Waals surface area contributed by atoms with Gasteiger partial charge >= 0.3 is 0 Å². The average Bonchev–Trinajstić information content (AvgIpc) is 2.33. The lowest BCUT2D eigenvalue weighted by atomic mass is 10.1. The fourth-order valence-corrected chi connectivity index (χ4v) is 3.70. The number of anilines is 1. The van der Waals surface area contributed by atoms with Crippen molar-refractivity contribution in [2.75, 3.05) is 5.73 Å². The van der Waals surface area contributed by atoms with Crippen molar-refractivity contribution >= 4 is 33.4 Å². The normalized spacial score (nSPS) is 10.7. The van der Waals surface area contributed by atoms with E-state index < -0.39 is 0 Å². The molecule has 0 atom stereocenters. The van der Waals surface area contributed by atoms with Gasteiger partial charge in [0, 0.05) is 21.7 Å². The molecule has 0 radical (unpaired) electrons. The van der Waals surface area contributed by atoms with Crippen LogP contribution in [0.2, 0.25) is 0 Å². The summed E-state index contributed by atoms with van der Waals surface area (Å²) in [7, 11) is 0. The van der Waals surface area contributed by atoms with Gasteiger partial charge in [-0.2, -0.15) is 11.8 Å². The molecule has 3 heteroatoms. The second-order valence-corrected chi connectivity index (χ2v) is 6.59. The van der Waals surface area contributed by atoms with E-state index in [9.17, 15) is 0 Å². The highest BCUT2D eigenvalue weighted by atomic mass is 79.9. The van der Waals surface area contributed by atoms with Crippen LogP contribution in [0.25, 0.3) is 0 Å². The van der Waals surface area contributed by atoms with Crippen LogP contribution in [-0.2, 0) is 11.5 Å². The molecular weight excluding hydrogens is 318 g/mol. The van der Waals surface area contributed by atoms with Crippen LogP contribution < -0.4 is 5.73 Å². The van der Waals surface area contributed by atoms with Gasteiger partial charge in [0.15, 0.2) is 0 Å². The lowest BCUT2D eigenvalue weighted by Crippen LogP contribution is -1.91. The minimum absolute atomic E-state index is 0.810. The molecule has 0 bridgehead atoms. The average molecular weight is 336 g/mol. The highest BCUT2D eigenvalue weighted by Crippen LogP contribution is 2.28. The summed E-state index contributed by atoms with van der Waals surface area (Å²) in [6, 6.07) is 12.8. The summed E-state index contributed by atoms with van der Waals surface area (Å²) in [6.45, 7) is 4.30. The highest BCUT2D eigenvalue weighted by Gasteiger charge is 2.03. The van der Waals surface area contributed by atoms with E-state index in [0.29, 0.717) is 0 Å². The number of hydrogen-bond donors (Lipinski definition) is 1. The highest BCUT2D eigenvalue weighted by molar-refractivity contribution is 9.10. The summed E-state index contributed by atoms with van der Waals surface area (Å²) in [5, 5.41) is 0. The quantitative estimate of drug-likeness (QED) is 0.788. The van der Waals surface area contributed by atoms with Crippen LogP contribution >= 0.6 is 27.7 Å². The molecule has 0 aromatic heterocycles. The Morgan fingerprint density at radius 2 is 1.74 bits per heavy atom. The smallest absolute Gasteiger partial charge is 0.0461 e. The number of halogens is 1. The third-order valence-corrected chi connectivity index (χ3v) is 4.94. The SMILES string of the molecule is Cc1cc(C)cc(CSCc2cccc(N)c2Br)c1. The monoisotopic (exact) mass is 335 g/mol. The summed E-state index contributed by atoms with van der Waals surface area (Å²) in [5.41, 5.74) is 12.0. The Morgan fingerprint density at radius 3 is 2.42 bits per heavy atom. The first-order chi connectivity index (χ1) is 9.06. The summed E-state index contributed by atoms with van der Waals surface area (Å²) < 4.78 is 1.03. The molecule has 0 saturated heterocycles. The van der Waals surface area contributed by atoms with Gasteiger partial charge in [0.1, 0.15) is 0 Å². The molecule has 0 spiro atoms.